The van der Waals surface area contributed by atoms with Crippen LogP contribution in [-0.4, -0.2) is 33.0 Å². The summed E-state index contributed by atoms with van der Waals surface area (Å²) in [6, 6.07) is 8.18. The molecule has 2 heterocycles. The van der Waals surface area contributed by atoms with Gasteiger partial charge in [-0.3, -0.25) is 4.79 Å². The summed E-state index contributed by atoms with van der Waals surface area (Å²) in [7, 11) is 0. The zero-order valence-corrected chi connectivity index (χ0v) is 20.0. The lowest BCUT2D eigenvalue weighted by atomic mass is 9.63. The Morgan fingerprint density at radius 2 is 1.45 bits per heavy atom. The monoisotopic (exact) mass is 420 g/mol. The number of hydrogen-bond acceptors (Lipinski definition) is 4. The third-order valence-electron chi connectivity index (χ3n) is 8.86. The normalized spacial score (nSPS) is 32.7. The molecular weight excluding hydrogens is 384 g/mol. The molecule has 1 aromatic carbocycles. The number of amides is 1. The van der Waals surface area contributed by atoms with E-state index in [1.807, 2.05) is 24.3 Å². The van der Waals surface area contributed by atoms with E-state index in [1.54, 1.807) is 0 Å². The molecule has 5 heteroatoms. The van der Waals surface area contributed by atoms with Crippen molar-refractivity contribution in [3.8, 4) is 0 Å². The SMILES string of the molecule is CC1(C)CC(NC(=O)C23CCC(C)(c4nc5ccccc5nc42)C3(C)C)CC(C)(C)N1. The Hall–Kier alpha value is -2.01. The number of rotatable bonds is 2. The second-order valence-corrected chi connectivity index (χ2v) is 12.2. The molecule has 0 spiro atoms. The molecule has 5 rings (SSSR count). The standard InChI is InChI=1S/C26H36N4O/c1-22(2)14-16(15-23(3,4)30-22)27-21(31)26-13-12-25(7,24(26,5)6)19-20(26)29-18-11-9-8-10-17(18)28-19/h8-11,16,30H,12-15H2,1-7H3,(H,27,31). The van der Waals surface area contributed by atoms with Gasteiger partial charge in [0.15, 0.2) is 0 Å². The summed E-state index contributed by atoms with van der Waals surface area (Å²) in [6.07, 6.45) is 3.65. The molecule has 1 saturated heterocycles. The van der Waals surface area contributed by atoms with Crippen LogP contribution in [0.4, 0.5) is 0 Å². The molecule has 1 aliphatic heterocycles. The van der Waals surface area contributed by atoms with Crippen molar-refractivity contribution in [1.29, 1.82) is 0 Å². The molecule has 1 amide bonds. The van der Waals surface area contributed by atoms with Gasteiger partial charge < -0.3 is 10.6 Å². The van der Waals surface area contributed by atoms with Gasteiger partial charge in [0, 0.05) is 22.5 Å². The van der Waals surface area contributed by atoms with E-state index in [0.29, 0.717) is 0 Å². The van der Waals surface area contributed by atoms with Crippen molar-refractivity contribution in [2.45, 2.75) is 102 Å². The number of piperidine rings is 1. The fourth-order valence-electron chi connectivity index (χ4n) is 7.28. The molecule has 2 atom stereocenters. The van der Waals surface area contributed by atoms with E-state index in [0.717, 1.165) is 48.1 Å². The number of nitrogens with one attached hydrogen (secondary N) is 2. The summed E-state index contributed by atoms with van der Waals surface area (Å²) in [5, 5.41) is 7.23. The van der Waals surface area contributed by atoms with Crippen molar-refractivity contribution >= 4 is 16.9 Å². The molecular formula is C26H36N4O. The quantitative estimate of drug-likeness (QED) is 0.756. The van der Waals surface area contributed by atoms with Crippen LogP contribution in [0.5, 0.6) is 0 Å². The molecule has 2 N–H and O–H groups in total. The molecule has 1 aromatic heterocycles. The molecule has 2 aromatic rings. The van der Waals surface area contributed by atoms with Crippen LogP contribution < -0.4 is 10.6 Å². The van der Waals surface area contributed by atoms with Crippen LogP contribution in [0.3, 0.4) is 0 Å². The van der Waals surface area contributed by atoms with Crippen molar-refractivity contribution in [1.82, 2.24) is 20.6 Å². The highest BCUT2D eigenvalue weighted by Gasteiger charge is 2.73. The van der Waals surface area contributed by atoms with Crippen molar-refractivity contribution < 1.29 is 4.79 Å². The largest absolute Gasteiger partial charge is 0.352 e. The van der Waals surface area contributed by atoms with E-state index >= 15 is 0 Å². The lowest BCUT2D eigenvalue weighted by molar-refractivity contribution is -0.131. The van der Waals surface area contributed by atoms with E-state index < -0.39 is 5.41 Å². The highest BCUT2D eigenvalue weighted by Crippen LogP contribution is 2.70. The van der Waals surface area contributed by atoms with Crippen molar-refractivity contribution in [3.05, 3.63) is 35.7 Å². The van der Waals surface area contributed by atoms with Gasteiger partial charge in [-0.2, -0.15) is 0 Å². The molecule has 0 radical (unpaired) electrons. The maximum Gasteiger partial charge on any atom is 0.233 e. The molecule has 1 saturated carbocycles. The van der Waals surface area contributed by atoms with Gasteiger partial charge in [-0.1, -0.05) is 32.9 Å². The van der Waals surface area contributed by atoms with E-state index in [2.05, 4.69) is 59.1 Å². The maximum absolute atomic E-state index is 14.2. The highest BCUT2D eigenvalue weighted by atomic mass is 16.2. The van der Waals surface area contributed by atoms with Crippen LogP contribution in [0.15, 0.2) is 24.3 Å². The number of para-hydroxylation sites is 2. The summed E-state index contributed by atoms with van der Waals surface area (Å²) >= 11 is 0. The predicted molar refractivity (Wildman–Crippen MR) is 124 cm³/mol. The Morgan fingerprint density at radius 1 is 0.903 bits per heavy atom. The molecule has 166 valence electrons. The van der Waals surface area contributed by atoms with Gasteiger partial charge in [0.05, 0.1) is 27.8 Å². The van der Waals surface area contributed by atoms with Crippen molar-refractivity contribution in [3.63, 3.8) is 0 Å². The highest BCUT2D eigenvalue weighted by molar-refractivity contribution is 5.93. The number of hydrogen-bond donors (Lipinski definition) is 2. The molecule has 2 bridgehead atoms. The minimum atomic E-state index is -0.632. The Morgan fingerprint density at radius 3 is 2.03 bits per heavy atom. The molecule has 31 heavy (non-hydrogen) atoms. The summed E-state index contributed by atoms with van der Waals surface area (Å²) in [6.45, 7) is 15.7. The average Bonchev–Trinajstić information content (AvgIpc) is 2.93. The Bertz CT molecular complexity index is 1070. The van der Waals surface area contributed by atoms with Gasteiger partial charge in [-0.15, -0.1) is 0 Å². The van der Waals surface area contributed by atoms with Crippen molar-refractivity contribution in [2.24, 2.45) is 5.41 Å². The van der Waals surface area contributed by atoms with E-state index in [9.17, 15) is 4.79 Å². The van der Waals surface area contributed by atoms with E-state index in [4.69, 9.17) is 9.97 Å². The lowest BCUT2D eigenvalue weighted by Crippen LogP contribution is -2.64. The number of benzene rings is 1. The van der Waals surface area contributed by atoms with Crippen LogP contribution in [0.1, 0.15) is 85.5 Å². The summed E-state index contributed by atoms with van der Waals surface area (Å²) in [5.41, 5.74) is 2.69. The van der Waals surface area contributed by atoms with Gasteiger partial charge in [0.2, 0.25) is 5.91 Å². The molecule has 3 aliphatic rings. The number of carbonyl (C=O) groups excluding carboxylic acids is 1. The summed E-state index contributed by atoms with van der Waals surface area (Å²) in [5.74, 6) is 0.142. The van der Waals surface area contributed by atoms with E-state index in [-0.39, 0.29) is 33.9 Å². The molecule has 2 unspecified atom stereocenters. The predicted octanol–water partition coefficient (Wildman–Crippen LogP) is 4.38. The van der Waals surface area contributed by atoms with Crippen LogP contribution >= 0.6 is 0 Å². The van der Waals surface area contributed by atoms with Crippen LogP contribution in [-0.2, 0) is 15.6 Å². The Kier molecular flexibility index (Phi) is 4.08. The average molecular weight is 421 g/mol. The maximum atomic E-state index is 14.2. The van der Waals surface area contributed by atoms with Gasteiger partial charge in [-0.05, 0) is 70.9 Å². The lowest BCUT2D eigenvalue weighted by Gasteiger charge is -2.48. The fourth-order valence-corrected chi connectivity index (χ4v) is 7.28. The van der Waals surface area contributed by atoms with E-state index in [1.165, 1.54) is 0 Å². The zero-order valence-electron chi connectivity index (χ0n) is 20.0. The van der Waals surface area contributed by atoms with Crippen LogP contribution in [0.2, 0.25) is 0 Å². The first-order valence-electron chi connectivity index (χ1n) is 11.7. The zero-order chi connectivity index (χ0) is 22.4. The summed E-state index contributed by atoms with van der Waals surface area (Å²) in [4.78, 5) is 24.3. The number of fused-ring (bicyclic) bond motifs is 6. The molecule has 5 nitrogen and oxygen atoms in total. The van der Waals surface area contributed by atoms with Gasteiger partial charge in [0.1, 0.15) is 0 Å². The smallest absolute Gasteiger partial charge is 0.233 e. The number of carbonyl (C=O) groups is 1. The first kappa shape index (κ1) is 20.9. The first-order chi connectivity index (χ1) is 14.3. The van der Waals surface area contributed by atoms with Gasteiger partial charge in [0.25, 0.3) is 0 Å². The third-order valence-corrected chi connectivity index (χ3v) is 8.86. The Labute approximate surface area is 185 Å². The second-order valence-electron chi connectivity index (χ2n) is 12.2. The third kappa shape index (κ3) is 2.68. The number of aromatic nitrogens is 2. The Balaban J connectivity index is 1.59. The number of nitrogens with zero attached hydrogens (tertiary/aromatic N) is 2. The summed E-state index contributed by atoms with van der Waals surface area (Å²) < 4.78 is 0. The van der Waals surface area contributed by atoms with Crippen LogP contribution in [0, 0.1) is 5.41 Å². The first-order valence-corrected chi connectivity index (χ1v) is 11.7. The molecule has 2 fully saturated rings. The second kappa shape index (κ2) is 6.06. The minimum Gasteiger partial charge on any atom is -0.352 e. The van der Waals surface area contributed by atoms with Crippen molar-refractivity contribution in [2.75, 3.05) is 0 Å². The van der Waals surface area contributed by atoms with Gasteiger partial charge >= 0.3 is 0 Å². The minimum absolute atomic E-state index is 0.0132. The molecule has 2 aliphatic carbocycles. The van der Waals surface area contributed by atoms with Crippen LogP contribution in [0.25, 0.3) is 11.0 Å². The van der Waals surface area contributed by atoms with Gasteiger partial charge in [-0.25, -0.2) is 9.97 Å². The topological polar surface area (TPSA) is 66.9 Å². The fraction of sp³-hybridized carbons (Fsp3) is 0.654.